The number of hydrogen-bond acceptors (Lipinski definition) is 2. The Morgan fingerprint density at radius 3 is 1.64 bits per heavy atom. The van der Waals surface area contributed by atoms with Gasteiger partial charge in [-0.25, -0.2) is 0 Å². The molecule has 4 heteroatoms. The zero-order valence-corrected chi connectivity index (χ0v) is 16.7. The molecule has 0 bridgehead atoms. The zero-order valence-electron chi connectivity index (χ0n) is 15.9. The van der Waals surface area contributed by atoms with Crippen molar-refractivity contribution in [3.05, 3.63) is 35.4 Å². The molecule has 3 nitrogen and oxygen atoms in total. The van der Waals surface area contributed by atoms with Crippen LogP contribution in [0.2, 0.25) is 0 Å². The van der Waals surface area contributed by atoms with Crippen molar-refractivity contribution >= 4 is 10.1 Å². The molecule has 1 aromatic rings. The van der Waals surface area contributed by atoms with Gasteiger partial charge in [0.05, 0.1) is 0 Å². The number of unbranched alkanes of at least 4 members (excludes halogenated alkanes) is 11. The summed E-state index contributed by atoms with van der Waals surface area (Å²) in [4.78, 5) is 0. The zero-order chi connectivity index (χ0) is 18.4. The van der Waals surface area contributed by atoms with Crippen molar-refractivity contribution in [1.29, 1.82) is 0 Å². The monoisotopic (exact) mass is 368 g/mol. The first kappa shape index (κ1) is 22.2. The van der Waals surface area contributed by atoms with E-state index in [4.69, 9.17) is 4.55 Å². The largest absolute Gasteiger partial charge is 0.285 e. The average molecular weight is 369 g/mol. The van der Waals surface area contributed by atoms with Crippen LogP contribution in [-0.4, -0.2) is 13.0 Å². The van der Waals surface area contributed by atoms with Gasteiger partial charge in [0.2, 0.25) is 0 Å². The highest BCUT2D eigenvalue weighted by atomic mass is 32.2. The smallest absolute Gasteiger partial charge is 0.269 e. The van der Waals surface area contributed by atoms with E-state index in [1.54, 1.807) is 6.07 Å². The van der Waals surface area contributed by atoms with Gasteiger partial charge in [-0.1, -0.05) is 102 Å². The van der Waals surface area contributed by atoms with Gasteiger partial charge >= 0.3 is 0 Å². The molecule has 1 rings (SSSR count). The van der Waals surface area contributed by atoms with Crippen LogP contribution in [0, 0.1) is 0 Å². The summed E-state index contributed by atoms with van der Waals surface area (Å²) in [5, 5.41) is 0. The predicted molar refractivity (Wildman–Crippen MR) is 106 cm³/mol. The maximum Gasteiger partial charge on any atom is 0.269 e. The third-order valence-electron chi connectivity index (χ3n) is 4.76. The number of aryl methyl sites for hydroxylation is 1. The fourth-order valence-corrected chi connectivity index (χ4v) is 3.97. The standard InChI is InChI=1S/C21H36O3S/c1-2-3-4-5-6-7-8-9-10-11-12-13-16-20-17-14-15-18-21(20)19-25(22,23)24/h14-15,17-18H,2-13,16,19H2,1H3,(H,22,23,24). The van der Waals surface area contributed by atoms with Crippen molar-refractivity contribution in [2.24, 2.45) is 0 Å². The molecule has 0 unspecified atom stereocenters. The van der Waals surface area contributed by atoms with E-state index < -0.39 is 10.1 Å². The van der Waals surface area contributed by atoms with E-state index >= 15 is 0 Å². The van der Waals surface area contributed by atoms with Crippen LogP contribution in [0.5, 0.6) is 0 Å². The van der Waals surface area contributed by atoms with Crippen molar-refractivity contribution < 1.29 is 13.0 Å². The summed E-state index contributed by atoms with van der Waals surface area (Å²) in [7, 11) is -3.96. The van der Waals surface area contributed by atoms with Gasteiger partial charge in [-0.2, -0.15) is 8.42 Å². The summed E-state index contributed by atoms with van der Waals surface area (Å²) in [5.41, 5.74) is 1.78. The Labute approximate surface area is 155 Å². The minimum absolute atomic E-state index is 0.276. The molecule has 0 spiro atoms. The molecule has 1 aromatic carbocycles. The fraction of sp³-hybridized carbons (Fsp3) is 0.714. The van der Waals surface area contributed by atoms with E-state index in [1.807, 2.05) is 18.2 Å². The highest BCUT2D eigenvalue weighted by molar-refractivity contribution is 7.85. The summed E-state index contributed by atoms with van der Waals surface area (Å²) >= 11 is 0. The van der Waals surface area contributed by atoms with Crippen molar-refractivity contribution in [2.75, 3.05) is 0 Å². The average Bonchev–Trinajstić information content (AvgIpc) is 2.56. The van der Waals surface area contributed by atoms with Crippen LogP contribution in [0.15, 0.2) is 24.3 Å². The molecule has 0 heterocycles. The second-order valence-electron chi connectivity index (χ2n) is 7.13. The topological polar surface area (TPSA) is 54.4 Å². The van der Waals surface area contributed by atoms with Gasteiger partial charge < -0.3 is 0 Å². The second-order valence-corrected chi connectivity index (χ2v) is 8.59. The Kier molecular flexibility index (Phi) is 11.8. The molecule has 0 aromatic heterocycles. The van der Waals surface area contributed by atoms with E-state index in [-0.39, 0.29) is 5.75 Å². The van der Waals surface area contributed by atoms with E-state index in [0.29, 0.717) is 0 Å². The minimum atomic E-state index is -3.96. The first-order chi connectivity index (χ1) is 12.0. The minimum Gasteiger partial charge on any atom is -0.285 e. The molecule has 0 radical (unpaired) electrons. The molecule has 0 aliphatic heterocycles. The van der Waals surface area contributed by atoms with Gasteiger partial charge in [-0.15, -0.1) is 0 Å². The lowest BCUT2D eigenvalue weighted by Gasteiger charge is -2.08. The molecular formula is C21H36O3S. The van der Waals surface area contributed by atoms with Crippen LogP contribution in [0.4, 0.5) is 0 Å². The van der Waals surface area contributed by atoms with Crippen molar-refractivity contribution in [1.82, 2.24) is 0 Å². The lowest BCUT2D eigenvalue weighted by molar-refractivity contribution is 0.482. The number of benzene rings is 1. The molecule has 0 aliphatic rings. The summed E-state index contributed by atoms with van der Waals surface area (Å²) in [6.07, 6.45) is 16.7. The van der Waals surface area contributed by atoms with E-state index in [2.05, 4.69) is 6.92 Å². The Morgan fingerprint density at radius 1 is 0.720 bits per heavy atom. The summed E-state index contributed by atoms with van der Waals surface area (Å²) in [6, 6.07) is 7.53. The van der Waals surface area contributed by atoms with Crippen LogP contribution >= 0.6 is 0 Å². The number of hydrogen-bond donors (Lipinski definition) is 1. The van der Waals surface area contributed by atoms with Gasteiger partial charge in [0, 0.05) is 0 Å². The molecule has 0 saturated heterocycles. The van der Waals surface area contributed by atoms with Crippen LogP contribution in [-0.2, 0) is 22.3 Å². The molecule has 1 N–H and O–H groups in total. The Balaban J connectivity index is 2.07. The van der Waals surface area contributed by atoms with Crippen LogP contribution < -0.4 is 0 Å². The third-order valence-corrected chi connectivity index (χ3v) is 5.43. The molecule has 0 saturated carbocycles. The molecule has 0 fully saturated rings. The van der Waals surface area contributed by atoms with Gasteiger partial charge in [-0.05, 0) is 24.0 Å². The molecular weight excluding hydrogens is 332 g/mol. The van der Waals surface area contributed by atoms with Gasteiger partial charge in [0.1, 0.15) is 5.75 Å². The lowest BCUT2D eigenvalue weighted by atomic mass is 10.0. The maximum absolute atomic E-state index is 11.1. The first-order valence-electron chi connectivity index (χ1n) is 10.0. The summed E-state index contributed by atoms with van der Waals surface area (Å²) < 4.78 is 31.2. The van der Waals surface area contributed by atoms with E-state index in [9.17, 15) is 8.42 Å². The predicted octanol–water partition coefficient (Wildman–Crippen LogP) is 6.32. The second kappa shape index (κ2) is 13.3. The highest BCUT2D eigenvalue weighted by Gasteiger charge is 2.10. The molecule has 144 valence electrons. The molecule has 0 amide bonds. The van der Waals surface area contributed by atoms with E-state index in [1.165, 1.54) is 70.6 Å². The molecule has 0 aliphatic carbocycles. The van der Waals surface area contributed by atoms with Crippen LogP contribution in [0.1, 0.15) is 95.1 Å². The lowest BCUT2D eigenvalue weighted by Crippen LogP contribution is -2.04. The first-order valence-corrected chi connectivity index (χ1v) is 11.7. The Hall–Kier alpha value is -0.870. The van der Waals surface area contributed by atoms with Crippen LogP contribution in [0.3, 0.4) is 0 Å². The molecule has 25 heavy (non-hydrogen) atoms. The van der Waals surface area contributed by atoms with Crippen molar-refractivity contribution in [3.8, 4) is 0 Å². The maximum atomic E-state index is 11.1. The van der Waals surface area contributed by atoms with Crippen molar-refractivity contribution in [2.45, 2.75) is 96.1 Å². The summed E-state index contributed by atoms with van der Waals surface area (Å²) in [5.74, 6) is -0.276. The highest BCUT2D eigenvalue weighted by Crippen LogP contribution is 2.17. The molecule has 0 atom stereocenters. The van der Waals surface area contributed by atoms with Gasteiger partial charge in [0.25, 0.3) is 10.1 Å². The van der Waals surface area contributed by atoms with Crippen molar-refractivity contribution in [3.63, 3.8) is 0 Å². The number of rotatable bonds is 15. The van der Waals surface area contributed by atoms with Crippen LogP contribution in [0.25, 0.3) is 0 Å². The quantitative estimate of drug-likeness (QED) is 0.291. The summed E-state index contributed by atoms with van der Waals surface area (Å²) in [6.45, 7) is 2.26. The Morgan fingerprint density at radius 2 is 1.16 bits per heavy atom. The third kappa shape index (κ3) is 12.2. The SMILES string of the molecule is CCCCCCCCCCCCCCc1ccccc1CS(=O)(=O)O. The van der Waals surface area contributed by atoms with Gasteiger partial charge in [0.15, 0.2) is 0 Å². The Bertz CT molecular complexity index is 552. The normalized spacial score (nSPS) is 11.8. The van der Waals surface area contributed by atoms with E-state index in [0.717, 1.165) is 24.0 Å². The van der Waals surface area contributed by atoms with Gasteiger partial charge in [-0.3, -0.25) is 4.55 Å². The fourth-order valence-electron chi connectivity index (χ4n) is 3.30.